The van der Waals surface area contributed by atoms with Gasteiger partial charge in [0, 0.05) is 17.8 Å². The van der Waals surface area contributed by atoms with Crippen molar-refractivity contribution in [3.05, 3.63) is 29.7 Å². The Balaban J connectivity index is 2.05. The van der Waals surface area contributed by atoms with E-state index in [9.17, 15) is 4.79 Å². The molecule has 0 radical (unpaired) electrons. The lowest BCUT2D eigenvalue weighted by Gasteiger charge is -2.37. The van der Waals surface area contributed by atoms with Gasteiger partial charge in [-0.05, 0) is 45.4 Å². The highest BCUT2D eigenvalue weighted by molar-refractivity contribution is 5.74. The van der Waals surface area contributed by atoms with Crippen LogP contribution in [0.5, 0.6) is 0 Å². The van der Waals surface area contributed by atoms with E-state index in [1.54, 1.807) is 6.07 Å². The highest BCUT2D eigenvalue weighted by atomic mass is 16.1. The largest absolute Gasteiger partial charge is 0.298 e. The van der Waals surface area contributed by atoms with E-state index in [0.29, 0.717) is 17.6 Å². The molecule has 3 heterocycles. The smallest absolute Gasteiger partial charge is 0.160 e. The minimum absolute atomic E-state index is 0.292. The average Bonchev–Trinajstić information content (AvgIpc) is 2.89. The van der Waals surface area contributed by atoms with Crippen LogP contribution in [0.1, 0.15) is 55.3 Å². The molecule has 2 aromatic rings. The number of aldehydes is 1. The van der Waals surface area contributed by atoms with Crippen molar-refractivity contribution in [3.8, 4) is 0 Å². The van der Waals surface area contributed by atoms with Gasteiger partial charge in [0.1, 0.15) is 0 Å². The van der Waals surface area contributed by atoms with Gasteiger partial charge in [0.05, 0.1) is 6.04 Å². The first-order valence-electron chi connectivity index (χ1n) is 7.26. The zero-order chi connectivity index (χ0) is 14.1. The van der Waals surface area contributed by atoms with Crippen molar-refractivity contribution >= 4 is 11.9 Å². The molecule has 1 unspecified atom stereocenters. The number of hydrogen-bond acceptors (Lipinski definition) is 4. The van der Waals surface area contributed by atoms with Crippen LogP contribution in [0.15, 0.2) is 18.3 Å². The van der Waals surface area contributed by atoms with Gasteiger partial charge in [-0.1, -0.05) is 6.42 Å². The molecule has 0 aliphatic carbocycles. The second-order valence-electron chi connectivity index (χ2n) is 5.71. The second kappa shape index (κ2) is 5.32. The van der Waals surface area contributed by atoms with Crippen LogP contribution in [0.3, 0.4) is 0 Å². The van der Waals surface area contributed by atoms with Gasteiger partial charge in [0.15, 0.2) is 17.8 Å². The number of piperidine rings is 1. The van der Waals surface area contributed by atoms with E-state index in [2.05, 4.69) is 28.9 Å². The Hall–Kier alpha value is -1.75. The van der Waals surface area contributed by atoms with E-state index in [0.717, 1.165) is 30.7 Å². The van der Waals surface area contributed by atoms with E-state index < -0.39 is 0 Å². The second-order valence-corrected chi connectivity index (χ2v) is 5.71. The molecular weight excluding hydrogens is 252 g/mol. The number of fused-ring (bicyclic) bond motifs is 1. The number of nitrogens with zero attached hydrogens (tertiary/aromatic N) is 4. The fourth-order valence-electron chi connectivity index (χ4n) is 3.07. The van der Waals surface area contributed by atoms with Crippen LogP contribution < -0.4 is 0 Å². The molecule has 2 aromatic heterocycles. The standard InChI is InChI=1S/C15H20N4O/c1-11(2)18-8-4-3-5-13(18)15-17-16-14-7-6-12(10-20)9-19(14)15/h6-7,9-11,13H,3-5,8H2,1-2H3. The third-order valence-electron chi connectivity index (χ3n) is 4.09. The van der Waals surface area contributed by atoms with E-state index >= 15 is 0 Å². The van der Waals surface area contributed by atoms with Crippen LogP contribution in [-0.2, 0) is 0 Å². The highest BCUT2D eigenvalue weighted by Gasteiger charge is 2.29. The molecule has 0 aromatic carbocycles. The predicted molar refractivity (Wildman–Crippen MR) is 76.8 cm³/mol. The van der Waals surface area contributed by atoms with Gasteiger partial charge in [0.2, 0.25) is 0 Å². The van der Waals surface area contributed by atoms with E-state index in [1.807, 2.05) is 16.7 Å². The maximum absolute atomic E-state index is 11.0. The minimum atomic E-state index is 0.292. The number of rotatable bonds is 3. The van der Waals surface area contributed by atoms with Crippen molar-refractivity contribution in [1.82, 2.24) is 19.5 Å². The molecule has 0 spiro atoms. The molecule has 0 bridgehead atoms. The zero-order valence-electron chi connectivity index (χ0n) is 12.0. The number of pyridine rings is 1. The summed E-state index contributed by atoms with van der Waals surface area (Å²) in [6.07, 6.45) is 6.26. The summed E-state index contributed by atoms with van der Waals surface area (Å²) < 4.78 is 1.97. The summed E-state index contributed by atoms with van der Waals surface area (Å²) in [6.45, 7) is 5.54. The first kappa shape index (κ1) is 13.2. The van der Waals surface area contributed by atoms with Gasteiger partial charge < -0.3 is 0 Å². The van der Waals surface area contributed by atoms with Crippen LogP contribution in [0, 0.1) is 0 Å². The molecule has 3 rings (SSSR count). The molecular formula is C15H20N4O. The van der Waals surface area contributed by atoms with Crippen molar-refractivity contribution in [2.75, 3.05) is 6.54 Å². The molecule has 1 saturated heterocycles. The SMILES string of the molecule is CC(C)N1CCCCC1c1nnc2ccc(C=O)cn12. The first-order valence-corrected chi connectivity index (χ1v) is 7.26. The van der Waals surface area contributed by atoms with Gasteiger partial charge in [-0.2, -0.15) is 0 Å². The summed E-state index contributed by atoms with van der Waals surface area (Å²) in [5.41, 5.74) is 1.46. The van der Waals surface area contributed by atoms with E-state index in [4.69, 9.17) is 0 Å². The number of hydrogen-bond donors (Lipinski definition) is 0. The summed E-state index contributed by atoms with van der Waals surface area (Å²) in [6, 6.07) is 4.41. The number of carbonyl (C=O) groups is 1. The lowest BCUT2D eigenvalue weighted by Crippen LogP contribution is -2.39. The monoisotopic (exact) mass is 272 g/mol. The fraction of sp³-hybridized carbons (Fsp3) is 0.533. The van der Waals surface area contributed by atoms with Crippen molar-refractivity contribution < 1.29 is 4.79 Å². The van der Waals surface area contributed by atoms with Gasteiger partial charge in [-0.25, -0.2) is 0 Å². The van der Waals surface area contributed by atoms with Gasteiger partial charge in [0.25, 0.3) is 0 Å². The van der Waals surface area contributed by atoms with Crippen LogP contribution in [-0.4, -0.2) is 38.4 Å². The Bertz CT molecular complexity index is 619. The van der Waals surface area contributed by atoms with Crippen molar-refractivity contribution in [2.45, 2.75) is 45.2 Å². The Kier molecular flexibility index (Phi) is 3.53. The summed E-state index contributed by atoms with van der Waals surface area (Å²) in [7, 11) is 0. The van der Waals surface area contributed by atoms with Crippen LogP contribution >= 0.6 is 0 Å². The molecule has 1 aliphatic heterocycles. The maximum Gasteiger partial charge on any atom is 0.160 e. The maximum atomic E-state index is 11.0. The molecule has 1 fully saturated rings. The number of carbonyl (C=O) groups excluding carboxylic acids is 1. The lowest BCUT2D eigenvalue weighted by molar-refractivity contribution is 0.105. The van der Waals surface area contributed by atoms with Gasteiger partial charge in [-0.15, -0.1) is 10.2 Å². The zero-order valence-corrected chi connectivity index (χ0v) is 12.0. The van der Waals surface area contributed by atoms with Gasteiger partial charge in [-0.3, -0.25) is 14.1 Å². The fourth-order valence-corrected chi connectivity index (χ4v) is 3.07. The molecule has 5 heteroatoms. The molecule has 1 atom stereocenters. The van der Waals surface area contributed by atoms with Crippen molar-refractivity contribution in [1.29, 1.82) is 0 Å². The Labute approximate surface area is 118 Å². The van der Waals surface area contributed by atoms with E-state index in [-0.39, 0.29) is 0 Å². The molecule has 0 N–H and O–H groups in total. The highest BCUT2D eigenvalue weighted by Crippen LogP contribution is 2.31. The molecule has 106 valence electrons. The quantitative estimate of drug-likeness (QED) is 0.805. The van der Waals surface area contributed by atoms with E-state index in [1.165, 1.54) is 12.8 Å². The Morgan fingerprint density at radius 1 is 1.30 bits per heavy atom. The number of aromatic nitrogens is 3. The van der Waals surface area contributed by atoms with Crippen molar-refractivity contribution in [3.63, 3.8) is 0 Å². The number of likely N-dealkylation sites (tertiary alicyclic amines) is 1. The van der Waals surface area contributed by atoms with Crippen LogP contribution in [0.2, 0.25) is 0 Å². The van der Waals surface area contributed by atoms with Gasteiger partial charge >= 0.3 is 0 Å². The Morgan fingerprint density at radius 3 is 2.90 bits per heavy atom. The molecule has 20 heavy (non-hydrogen) atoms. The molecule has 0 amide bonds. The lowest BCUT2D eigenvalue weighted by atomic mass is 10.00. The van der Waals surface area contributed by atoms with Crippen LogP contribution in [0.4, 0.5) is 0 Å². The molecule has 1 aliphatic rings. The summed E-state index contributed by atoms with van der Waals surface area (Å²) in [4.78, 5) is 13.4. The normalized spacial score (nSPS) is 20.6. The third kappa shape index (κ3) is 2.22. The third-order valence-corrected chi connectivity index (χ3v) is 4.09. The summed E-state index contributed by atoms with van der Waals surface area (Å²) in [5, 5.41) is 8.62. The predicted octanol–water partition coefficient (Wildman–Crippen LogP) is 2.48. The Morgan fingerprint density at radius 2 is 2.15 bits per heavy atom. The average molecular weight is 272 g/mol. The minimum Gasteiger partial charge on any atom is -0.298 e. The van der Waals surface area contributed by atoms with Crippen LogP contribution in [0.25, 0.3) is 5.65 Å². The molecule has 0 saturated carbocycles. The van der Waals surface area contributed by atoms with Crippen molar-refractivity contribution in [2.24, 2.45) is 0 Å². The summed E-state index contributed by atoms with van der Waals surface area (Å²) >= 11 is 0. The topological polar surface area (TPSA) is 50.5 Å². The summed E-state index contributed by atoms with van der Waals surface area (Å²) in [5.74, 6) is 0.956. The molecule has 5 nitrogen and oxygen atoms in total. The first-order chi connectivity index (χ1) is 9.70.